The van der Waals surface area contributed by atoms with Crippen LogP contribution in [0.1, 0.15) is 17.3 Å². The Morgan fingerprint density at radius 3 is 2.62 bits per heavy atom. The predicted octanol–water partition coefficient (Wildman–Crippen LogP) is 3.58. The van der Waals surface area contributed by atoms with E-state index < -0.39 is 0 Å². The highest BCUT2D eigenvalue weighted by Gasteiger charge is 2.15. The zero-order valence-corrected chi connectivity index (χ0v) is 12.5. The molecular weight excluding hydrogens is 293 g/mol. The highest BCUT2D eigenvalue weighted by molar-refractivity contribution is 6.30. The van der Waals surface area contributed by atoms with E-state index in [1.165, 1.54) is 23.1 Å². The van der Waals surface area contributed by atoms with Gasteiger partial charge in [-0.05, 0) is 43.3 Å². The number of nitrogens with zero attached hydrogens (tertiary/aromatic N) is 2. The van der Waals surface area contributed by atoms with E-state index >= 15 is 0 Å². The molecule has 0 aliphatic heterocycles. The second-order valence-electron chi connectivity index (χ2n) is 4.43. The van der Waals surface area contributed by atoms with Crippen LogP contribution in [0.4, 0.5) is 15.9 Å². The number of hydrogen-bond donors (Lipinski definition) is 1. The lowest BCUT2D eigenvalue weighted by Crippen LogP contribution is -2.26. The number of pyridine rings is 1. The van der Waals surface area contributed by atoms with E-state index in [4.69, 9.17) is 11.6 Å². The molecule has 1 aromatic carbocycles. The maximum absolute atomic E-state index is 12.9. The Morgan fingerprint density at radius 2 is 2.00 bits per heavy atom. The van der Waals surface area contributed by atoms with E-state index in [0.29, 0.717) is 23.6 Å². The van der Waals surface area contributed by atoms with Crippen molar-refractivity contribution in [1.29, 1.82) is 0 Å². The topological polar surface area (TPSA) is 45.2 Å². The summed E-state index contributed by atoms with van der Waals surface area (Å²) in [4.78, 5) is 18.0. The number of nitrogens with one attached hydrogen (secondary N) is 1. The van der Waals surface area contributed by atoms with Crippen molar-refractivity contribution >= 4 is 29.0 Å². The Balaban J connectivity index is 2.28. The average Bonchev–Trinajstić information content (AvgIpc) is 2.46. The lowest BCUT2D eigenvalue weighted by molar-refractivity contribution is 0.0993. The van der Waals surface area contributed by atoms with Crippen molar-refractivity contribution in [2.24, 2.45) is 0 Å². The Labute approximate surface area is 127 Å². The fraction of sp³-hybridized carbons (Fsp3) is 0.200. The SMILES string of the molecule is CCNc1cc(C(=O)N(C)c2ccc(F)cc2)cc(Cl)n1. The monoisotopic (exact) mass is 307 g/mol. The number of amides is 1. The summed E-state index contributed by atoms with van der Waals surface area (Å²) in [5.41, 5.74) is 1.01. The Bertz CT molecular complexity index is 646. The third-order valence-corrected chi connectivity index (χ3v) is 3.11. The molecule has 0 fully saturated rings. The van der Waals surface area contributed by atoms with Crippen molar-refractivity contribution in [1.82, 2.24) is 4.98 Å². The first-order valence-electron chi connectivity index (χ1n) is 6.46. The second kappa shape index (κ2) is 6.54. The number of aromatic nitrogens is 1. The van der Waals surface area contributed by atoms with Crippen molar-refractivity contribution in [2.75, 3.05) is 23.8 Å². The van der Waals surface area contributed by atoms with Gasteiger partial charge < -0.3 is 10.2 Å². The summed E-state index contributed by atoms with van der Waals surface area (Å²) in [6.45, 7) is 2.60. The maximum Gasteiger partial charge on any atom is 0.258 e. The minimum atomic E-state index is -0.346. The molecule has 0 spiro atoms. The van der Waals surface area contributed by atoms with Gasteiger partial charge in [0.1, 0.15) is 16.8 Å². The molecule has 0 unspecified atom stereocenters. The van der Waals surface area contributed by atoms with Gasteiger partial charge in [-0.1, -0.05) is 11.6 Å². The summed E-state index contributed by atoms with van der Waals surface area (Å²) < 4.78 is 12.9. The molecule has 0 radical (unpaired) electrons. The van der Waals surface area contributed by atoms with Crippen LogP contribution in [0.25, 0.3) is 0 Å². The molecule has 2 rings (SSSR count). The zero-order valence-electron chi connectivity index (χ0n) is 11.7. The van der Waals surface area contributed by atoms with Crippen LogP contribution in [0.2, 0.25) is 5.15 Å². The van der Waals surface area contributed by atoms with E-state index in [1.54, 1.807) is 25.2 Å². The summed E-state index contributed by atoms with van der Waals surface area (Å²) in [6.07, 6.45) is 0. The quantitative estimate of drug-likeness (QED) is 0.878. The van der Waals surface area contributed by atoms with Crippen molar-refractivity contribution in [3.63, 3.8) is 0 Å². The van der Waals surface area contributed by atoms with Gasteiger partial charge in [0.2, 0.25) is 0 Å². The Morgan fingerprint density at radius 1 is 1.33 bits per heavy atom. The molecule has 1 N–H and O–H groups in total. The van der Waals surface area contributed by atoms with Gasteiger partial charge in [0.25, 0.3) is 5.91 Å². The molecular formula is C15H15ClFN3O. The zero-order chi connectivity index (χ0) is 15.4. The first-order chi connectivity index (χ1) is 10.0. The number of rotatable bonds is 4. The molecule has 1 aromatic heterocycles. The minimum absolute atomic E-state index is 0.240. The summed E-state index contributed by atoms with van der Waals surface area (Å²) in [5, 5.41) is 3.25. The average molecular weight is 308 g/mol. The fourth-order valence-corrected chi connectivity index (χ4v) is 2.08. The normalized spacial score (nSPS) is 10.3. The second-order valence-corrected chi connectivity index (χ2v) is 4.82. The Kier molecular flexibility index (Phi) is 4.75. The van der Waals surface area contributed by atoms with E-state index in [2.05, 4.69) is 10.3 Å². The molecule has 2 aromatic rings. The molecule has 6 heteroatoms. The van der Waals surface area contributed by atoms with Crippen LogP contribution in [-0.4, -0.2) is 24.5 Å². The molecule has 0 aliphatic rings. The van der Waals surface area contributed by atoms with Crippen LogP contribution < -0.4 is 10.2 Å². The molecule has 0 atom stereocenters. The van der Waals surface area contributed by atoms with Gasteiger partial charge in [-0.25, -0.2) is 9.37 Å². The molecule has 1 heterocycles. The van der Waals surface area contributed by atoms with Gasteiger partial charge in [-0.3, -0.25) is 4.79 Å². The largest absolute Gasteiger partial charge is 0.370 e. The number of carbonyl (C=O) groups excluding carboxylic acids is 1. The third kappa shape index (κ3) is 3.70. The predicted molar refractivity (Wildman–Crippen MR) is 82.5 cm³/mol. The molecule has 0 bridgehead atoms. The number of anilines is 2. The van der Waals surface area contributed by atoms with Crippen LogP contribution in [0, 0.1) is 5.82 Å². The van der Waals surface area contributed by atoms with E-state index in [1.807, 2.05) is 6.92 Å². The number of halogens is 2. The first-order valence-corrected chi connectivity index (χ1v) is 6.84. The van der Waals surface area contributed by atoms with Gasteiger partial charge in [-0.15, -0.1) is 0 Å². The maximum atomic E-state index is 12.9. The molecule has 0 saturated carbocycles. The van der Waals surface area contributed by atoms with Gasteiger partial charge in [-0.2, -0.15) is 0 Å². The highest BCUT2D eigenvalue weighted by Crippen LogP contribution is 2.19. The molecule has 0 saturated heterocycles. The summed E-state index contributed by atoms with van der Waals surface area (Å²) >= 11 is 5.93. The molecule has 110 valence electrons. The van der Waals surface area contributed by atoms with E-state index in [9.17, 15) is 9.18 Å². The van der Waals surface area contributed by atoms with E-state index in [-0.39, 0.29) is 16.9 Å². The molecule has 21 heavy (non-hydrogen) atoms. The summed E-state index contributed by atoms with van der Waals surface area (Å²) in [6, 6.07) is 8.84. The minimum Gasteiger partial charge on any atom is -0.370 e. The third-order valence-electron chi connectivity index (χ3n) is 2.92. The van der Waals surface area contributed by atoms with Crippen molar-refractivity contribution < 1.29 is 9.18 Å². The van der Waals surface area contributed by atoms with Crippen molar-refractivity contribution in [3.05, 3.63) is 52.9 Å². The Hall–Kier alpha value is -2.14. The fourth-order valence-electron chi connectivity index (χ4n) is 1.87. The van der Waals surface area contributed by atoms with Crippen LogP contribution in [0.3, 0.4) is 0 Å². The number of hydrogen-bond acceptors (Lipinski definition) is 3. The van der Waals surface area contributed by atoms with Crippen LogP contribution in [0.15, 0.2) is 36.4 Å². The smallest absolute Gasteiger partial charge is 0.258 e. The van der Waals surface area contributed by atoms with Crippen molar-refractivity contribution in [2.45, 2.75) is 6.92 Å². The summed E-state index contributed by atoms with van der Waals surface area (Å²) in [7, 11) is 1.62. The number of carbonyl (C=O) groups is 1. The van der Waals surface area contributed by atoms with Crippen LogP contribution in [-0.2, 0) is 0 Å². The highest BCUT2D eigenvalue weighted by atomic mass is 35.5. The van der Waals surface area contributed by atoms with Gasteiger partial charge >= 0.3 is 0 Å². The van der Waals surface area contributed by atoms with E-state index in [0.717, 1.165) is 0 Å². The van der Waals surface area contributed by atoms with Crippen LogP contribution in [0.5, 0.6) is 0 Å². The first kappa shape index (κ1) is 15.3. The van der Waals surface area contributed by atoms with Gasteiger partial charge in [0.05, 0.1) is 0 Å². The van der Waals surface area contributed by atoms with Gasteiger partial charge in [0, 0.05) is 24.8 Å². The van der Waals surface area contributed by atoms with Gasteiger partial charge in [0.15, 0.2) is 0 Å². The lowest BCUT2D eigenvalue weighted by atomic mass is 10.2. The standard InChI is InChI=1S/C15H15ClFN3O/c1-3-18-14-9-10(8-13(16)19-14)15(21)20(2)12-6-4-11(17)5-7-12/h4-9H,3H2,1-2H3,(H,18,19). The summed E-state index contributed by atoms with van der Waals surface area (Å²) in [5.74, 6) is -0.0492. The molecule has 0 aliphatic carbocycles. The lowest BCUT2D eigenvalue weighted by Gasteiger charge is -2.18. The van der Waals surface area contributed by atoms with Crippen LogP contribution >= 0.6 is 11.6 Å². The number of benzene rings is 1. The molecule has 4 nitrogen and oxygen atoms in total. The van der Waals surface area contributed by atoms with Crippen molar-refractivity contribution in [3.8, 4) is 0 Å². The molecule has 1 amide bonds.